The molecule has 0 radical (unpaired) electrons. The normalized spacial score (nSPS) is 12.2. The molecule has 64 valence electrons. The van der Waals surface area contributed by atoms with Gasteiger partial charge in [-0.1, -0.05) is 6.58 Å². The van der Waals surface area contributed by atoms with Crippen molar-refractivity contribution in [3.63, 3.8) is 0 Å². The molecule has 0 bridgehead atoms. The van der Waals surface area contributed by atoms with Gasteiger partial charge in [-0.2, -0.15) is 11.8 Å². The van der Waals surface area contributed by atoms with E-state index in [0.717, 1.165) is 5.70 Å². The van der Waals surface area contributed by atoms with E-state index in [0.29, 0.717) is 0 Å². The Morgan fingerprint density at radius 2 is 2.36 bits per heavy atom. The summed E-state index contributed by atoms with van der Waals surface area (Å²) in [5.74, 6) is -0.791. The highest BCUT2D eigenvalue weighted by molar-refractivity contribution is 7.99. The van der Waals surface area contributed by atoms with E-state index in [2.05, 4.69) is 11.9 Å². The first kappa shape index (κ1) is 10.4. The molecule has 2 N–H and O–H groups in total. The first-order valence-corrected chi connectivity index (χ1v) is 4.51. The average Bonchev–Trinajstić information content (AvgIpc) is 1.98. The summed E-state index contributed by atoms with van der Waals surface area (Å²) in [6.07, 6.45) is 2.00. The first-order valence-electron chi connectivity index (χ1n) is 3.23. The lowest BCUT2D eigenvalue weighted by molar-refractivity contribution is -0.136. The van der Waals surface area contributed by atoms with E-state index in [1.54, 1.807) is 7.05 Å². The summed E-state index contributed by atoms with van der Waals surface area (Å²) in [6.45, 7) is 3.70. The quantitative estimate of drug-likeness (QED) is 0.652. The van der Waals surface area contributed by atoms with E-state index in [4.69, 9.17) is 5.11 Å². The zero-order valence-corrected chi connectivity index (χ0v) is 7.57. The third-order valence-corrected chi connectivity index (χ3v) is 2.37. The number of nitrogens with one attached hydrogen (secondary N) is 1. The molecule has 0 aromatic heterocycles. The van der Waals surface area contributed by atoms with Crippen LogP contribution >= 0.6 is 11.8 Å². The van der Waals surface area contributed by atoms with Crippen LogP contribution in [0, 0.1) is 0 Å². The van der Waals surface area contributed by atoms with Crippen LogP contribution in [-0.2, 0) is 4.79 Å². The zero-order valence-electron chi connectivity index (χ0n) is 6.76. The second-order valence-corrected chi connectivity index (χ2v) is 3.14. The third-order valence-electron chi connectivity index (χ3n) is 1.35. The second kappa shape index (κ2) is 5.07. The summed E-state index contributed by atoms with van der Waals surface area (Å²) in [4.78, 5) is 10.3. The molecule has 11 heavy (non-hydrogen) atoms. The number of carbonyl (C=O) groups is 1. The smallest absolute Gasteiger partial charge is 0.304 e. The van der Waals surface area contributed by atoms with Gasteiger partial charge in [0.2, 0.25) is 0 Å². The van der Waals surface area contributed by atoms with E-state index >= 15 is 0 Å². The molecule has 3 nitrogen and oxygen atoms in total. The number of carboxylic acids is 1. The van der Waals surface area contributed by atoms with Crippen LogP contribution in [0.5, 0.6) is 0 Å². The molecule has 1 atom stereocenters. The van der Waals surface area contributed by atoms with Crippen LogP contribution in [0.25, 0.3) is 0 Å². The minimum Gasteiger partial charge on any atom is -0.481 e. The molecule has 0 aliphatic carbocycles. The summed E-state index contributed by atoms with van der Waals surface area (Å²) < 4.78 is 0. The molecule has 0 amide bonds. The van der Waals surface area contributed by atoms with Gasteiger partial charge in [0.25, 0.3) is 0 Å². The Hall–Kier alpha value is -0.640. The Kier molecular flexibility index (Phi) is 4.77. The molecule has 0 fully saturated rings. The summed E-state index contributed by atoms with van der Waals surface area (Å²) in [7, 11) is 1.74. The van der Waals surface area contributed by atoms with Crippen molar-refractivity contribution < 1.29 is 9.90 Å². The number of aliphatic carboxylic acids is 1. The fourth-order valence-corrected chi connectivity index (χ4v) is 1.38. The molecule has 0 aliphatic rings. The van der Waals surface area contributed by atoms with Crippen molar-refractivity contribution in [1.29, 1.82) is 0 Å². The lowest BCUT2D eigenvalue weighted by Gasteiger charge is -2.13. The van der Waals surface area contributed by atoms with Crippen LogP contribution in [0.4, 0.5) is 0 Å². The molecular weight excluding hydrogens is 162 g/mol. The van der Waals surface area contributed by atoms with E-state index in [1.807, 2.05) is 6.26 Å². The van der Waals surface area contributed by atoms with Crippen molar-refractivity contribution in [1.82, 2.24) is 5.32 Å². The zero-order chi connectivity index (χ0) is 8.85. The maximum absolute atomic E-state index is 10.3. The molecule has 0 aliphatic heterocycles. The molecule has 0 spiro atoms. The largest absolute Gasteiger partial charge is 0.481 e. The molecule has 0 saturated carbocycles. The lowest BCUT2D eigenvalue weighted by atomic mass is 10.2. The molecule has 0 aromatic rings. The summed E-state index contributed by atoms with van der Waals surface area (Å²) in [5, 5.41) is 11.3. The van der Waals surface area contributed by atoms with Gasteiger partial charge in [-0.3, -0.25) is 4.79 Å². The molecule has 0 heterocycles. The molecule has 4 heteroatoms. The SMILES string of the molecule is C=C(NC)C(CC(=O)O)SC. The topological polar surface area (TPSA) is 49.3 Å². The molecule has 0 saturated heterocycles. The average molecular weight is 175 g/mol. The number of thioether (sulfide) groups is 1. The predicted molar refractivity (Wildman–Crippen MR) is 47.8 cm³/mol. The number of rotatable bonds is 5. The Balaban J connectivity index is 3.94. The van der Waals surface area contributed by atoms with E-state index < -0.39 is 5.97 Å². The Morgan fingerprint density at radius 3 is 2.64 bits per heavy atom. The fraction of sp³-hybridized carbons (Fsp3) is 0.571. The molecule has 1 unspecified atom stereocenters. The monoisotopic (exact) mass is 175 g/mol. The number of carboxylic acid groups (broad SMARTS) is 1. The Bertz CT molecular complexity index is 159. The first-order chi connectivity index (χ1) is 5.11. The van der Waals surface area contributed by atoms with Crippen molar-refractivity contribution >= 4 is 17.7 Å². The maximum Gasteiger partial charge on any atom is 0.304 e. The minimum atomic E-state index is -0.791. The van der Waals surface area contributed by atoms with E-state index in [-0.39, 0.29) is 11.7 Å². The fourth-order valence-electron chi connectivity index (χ4n) is 0.668. The maximum atomic E-state index is 10.3. The highest BCUT2D eigenvalue weighted by atomic mass is 32.2. The predicted octanol–water partition coefficient (Wildman–Crippen LogP) is 0.926. The van der Waals surface area contributed by atoms with Gasteiger partial charge in [-0.15, -0.1) is 0 Å². The van der Waals surface area contributed by atoms with Crippen LogP contribution < -0.4 is 5.32 Å². The Morgan fingerprint density at radius 1 is 1.82 bits per heavy atom. The van der Waals surface area contributed by atoms with Gasteiger partial charge in [0.15, 0.2) is 0 Å². The standard InChI is InChI=1S/C7H13NO2S/c1-5(8-2)6(11-3)4-7(9)10/h6,8H,1,4H2,2-3H3,(H,9,10). The van der Waals surface area contributed by atoms with Crippen molar-refractivity contribution in [2.75, 3.05) is 13.3 Å². The van der Waals surface area contributed by atoms with Crippen LogP contribution in [0.3, 0.4) is 0 Å². The summed E-state index contributed by atoms with van der Waals surface area (Å²) in [5.41, 5.74) is 0.764. The van der Waals surface area contributed by atoms with Crippen molar-refractivity contribution in [3.8, 4) is 0 Å². The molecular formula is C7H13NO2S. The highest BCUT2D eigenvalue weighted by Gasteiger charge is 2.13. The molecule has 0 aromatic carbocycles. The second-order valence-electron chi connectivity index (χ2n) is 2.10. The van der Waals surface area contributed by atoms with E-state index in [9.17, 15) is 4.79 Å². The van der Waals surface area contributed by atoms with Crippen molar-refractivity contribution in [2.24, 2.45) is 0 Å². The van der Waals surface area contributed by atoms with Gasteiger partial charge >= 0.3 is 5.97 Å². The van der Waals surface area contributed by atoms with Gasteiger partial charge in [0.1, 0.15) is 0 Å². The molecule has 0 rings (SSSR count). The van der Waals surface area contributed by atoms with Crippen LogP contribution in [-0.4, -0.2) is 29.6 Å². The third kappa shape index (κ3) is 3.93. The van der Waals surface area contributed by atoms with Crippen molar-refractivity contribution in [3.05, 3.63) is 12.3 Å². The summed E-state index contributed by atoms with van der Waals surface area (Å²) >= 11 is 1.49. The highest BCUT2D eigenvalue weighted by Crippen LogP contribution is 2.16. The number of hydrogen-bond acceptors (Lipinski definition) is 3. The lowest BCUT2D eigenvalue weighted by Crippen LogP contribution is -2.20. The van der Waals surface area contributed by atoms with Gasteiger partial charge < -0.3 is 10.4 Å². The van der Waals surface area contributed by atoms with Crippen molar-refractivity contribution in [2.45, 2.75) is 11.7 Å². The summed E-state index contributed by atoms with van der Waals surface area (Å²) in [6, 6.07) is 0. The Labute approximate surface area is 70.9 Å². The van der Waals surface area contributed by atoms with Crippen LogP contribution in [0.1, 0.15) is 6.42 Å². The minimum absolute atomic E-state index is 0.0301. The van der Waals surface area contributed by atoms with Gasteiger partial charge in [-0.25, -0.2) is 0 Å². The van der Waals surface area contributed by atoms with Gasteiger partial charge in [0.05, 0.1) is 11.7 Å². The number of hydrogen-bond donors (Lipinski definition) is 2. The van der Waals surface area contributed by atoms with E-state index in [1.165, 1.54) is 11.8 Å². The van der Waals surface area contributed by atoms with Crippen LogP contribution in [0.15, 0.2) is 12.3 Å². The van der Waals surface area contributed by atoms with Gasteiger partial charge in [0, 0.05) is 12.7 Å². The van der Waals surface area contributed by atoms with Gasteiger partial charge in [-0.05, 0) is 6.26 Å². The van der Waals surface area contributed by atoms with Crippen LogP contribution in [0.2, 0.25) is 0 Å².